The molecule has 0 saturated carbocycles. The van der Waals surface area contributed by atoms with Gasteiger partial charge in [0, 0.05) is 20.3 Å². The summed E-state index contributed by atoms with van der Waals surface area (Å²) in [7, 11) is 1.72. The number of imidazole rings is 1. The molecule has 0 fully saturated rings. The van der Waals surface area contributed by atoms with Crippen LogP contribution in [0.4, 0.5) is 0 Å². The van der Waals surface area contributed by atoms with Crippen molar-refractivity contribution >= 4 is 22.6 Å². The number of alkyl halides is 1. The van der Waals surface area contributed by atoms with Gasteiger partial charge in [-0.15, -0.1) is 11.6 Å². The monoisotopic (exact) mass is 266 g/mol. The molecule has 4 heteroatoms. The van der Waals surface area contributed by atoms with E-state index in [9.17, 15) is 0 Å². The van der Waals surface area contributed by atoms with Gasteiger partial charge in [-0.3, -0.25) is 0 Å². The molecule has 0 amide bonds. The predicted octanol–water partition coefficient (Wildman–Crippen LogP) is 3.68. The molecular formula is C14H19ClN2O. The first-order valence-corrected chi connectivity index (χ1v) is 6.67. The Kier molecular flexibility index (Phi) is 4.25. The van der Waals surface area contributed by atoms with Gasteiger partial charge in [-0.05, 0) is 38.0 Å². The number of hydrogen-bond acceptors (Lipinski definition) is 2. The quantitative estimate of drug-likeness (QED) is 0.610. The number of nitrogens with zero attached hydrogens (tertiary/aromatic N) is 2. The minimum Gasteiger partial charge on any atom is -0.385 e. The van der Waals surface area contributed by atoms with Crippen molar-refractivity contribution in [3.8, 4) is 0 Å². The van der Waals surface area contributed by atoms with Gasteiger partial charge in [0.15, 0.2) is 0 Å². The van der Waals surface area contributed by atoms with Gasteiger partial charge in [-0.2, -0.15) is 0 Å². The molecule has 1 heterocycles. The molecule has 1 atom stereocenters. The summed E-state index contributed by atoms with van der Waals surface area (Å²) in [5.74, 6) is 0.938. The van der Waals surface area contributed by atoms with Crippen molar-refractivity contribution in [2.45, 2.75) is 32.2 Å². The molecule has 0 radical (unpaired) electrons. The smallest absolute Gasteiger partial charge is 0.127 e. The zero-order valence-corrected chi connectivity index (χ0v) is 11.9. The molecule has 1 aromatic heterocycles. The van der Waals surface area contributed by atoms with E-state index >= 15 is 0 Å². The van der Waals surface area contributed by atoms with Gasteiger partial charge in [0.2, 0.25) is 0 Å². The highest BCUT2D eigenvalue weighted by Crippen LogP contribution is 2.25. The van der Waals surface area contributed by atoms with Crippen molar-refractivity contribution in [1.82, 2.24) is 9.55 Å². The number of halogens is 1. The Bertz CT molecular complexity index is 534. The highest BCUT2D eigenvalue weighted by molar-refractivity contribution is 6.20. The fourth-order valence-electron chi connectivity index (χ4n) is 2.16. The first-order valence-electron chi connectivity index (χ1n) is 6.23. The van der Waals surface area contributed by atoms with Gasteiger partial charge in [0.05, 0.1) is 16.4 Å². The lowest BCUT2D eigenvalue weighted by Gasteiger charge is -2.10. The van der Waals surface area contributed by atoms with Crippen LogP contribution in [0.25, 0.3) is 11.0 Å². The molecule has 2 aromatic rings. The Morgan fingerprint density at radius 3 is 2.89 bits per heavy atom. The normalized spacial score (nSPS) is 13.1. The molecule has 0 saturated heterocycles. The number of hydrogen-bond donors (Lipinski definition) is 0. The van der Waals surface area contributed by atoms with E-state index in [4.69, 9.17) is 16.3 Å². The Balaban J connectivity index is 2.43. The van der Waals surface area contributed by atoms with Crippen LogP contribution < -0.4 is 0 Å². The molecule has 0 bridgehead atoms. The van der Waals surface area contributed by atoms with Crippen LogP contribution in [0.2, 0.25) is 0 Å². The molecule has 0 aliphatic heterocycles. The summed E-state index contributed by atoms with van der Waals surface area (Å²) in [6.07, 6.45) is 0.965. The zero-order valence-electron chi connectivity index (χ0n) is 11.1. The minimum atomic E-state index is -0.0831. The third-order valence-electron chi connectivity index (χ3n) is 3.02. The van der Waals surface area contributed by atoms with Crippen molar-refractivity contribution in [2.24, 2.45) is 0 Å². The Morgan fingerprint density at radius 1 is 1.44 bits per heavy atom. The van der Waals surface area contributed by atoms with Crippen LogP contribution >= 0.6 is 11.6 Å². The Morgan fingerprint density at radius 2 is 2.22 bits per heavy atom. The van der Waals surface area contributed by atoms with Gasteiger partial charge in [-0.25, -0.2) is 4.98 Å². The lowest BCUT2D eigenvalue weighted by molar-refractivity contribution is 0.190. The number of ether oxygens (including phenoxy) is 1. The minimum absolute atomic E-state index is 0.0831. The first kappa shape index (κ1) is 13.4. The van der Waals surface area contributed by atoms with E-state index in [1.165, 1.54) is 5.56 Å². The lowest BCUT2D eigenvalue weighted by atomic mass is 10.2. The maximum Gasteiger partial charge on any atom is 0.127 e. The Hall–Kier alpha value is -1.06. The Labute approximate surface area is 113 Å². The van der Waals surface area contributed by atoms with Crippen LogP contribution in [0.5, 0.6) is 0 Å². The molecule has 0 N–H and O–H groups in total. The maximum absolute atomic E-state index is 6.22. The molecule has 3 nitrogen and oxygen atoms in total. The largest absolute Gasteiger partial charge is 0.385 e. The van der Waals surface area contributed by atoms with E-state index in [-0.39, 0.29) is 5.38 Å². The number of rotatable bonds is 5. The van der Waals surface area contributed by atoms with E-state index in [2.05, 4.69) is 34.7 Å². The van der Waals surface area contributed by atoms with Crippen LogP contribution in [0.15, 0.2) is 18.2 Å². The third-order valence-corrected chi connectivity index (χ3v) is 3.21. The van der Waals surface area contributed by atoms with Crippen LogP contribution in [0.1, 0.15) is 30.1 Å². The second-order valence-electron chi connectivity index (χ2n) is 4.58. The zero-order chi connectivity index (χ0) is 13.1. The standard InChI is InChI=1S/C14H19ClN2O/c1-10-5-6-12-13(9-10)17(7-4-8-18-3)14(16-12)11(2)15/h5-6,9,11H,4,7-8H2,1-3H3. The van der Waals surface area contributed by atoms with E-state index in [1.54, 1.807) is 7.11 Å². The number of fused-ring (bicyclic) bond motifs is 1. The molecular weight excluding hydrogens is 248 g/mol. The average Bonchev–Trinajstić information content (AvgIpc) is 2.68. The molecule has 1 unspecified atom stereocenters. The highest BCUT2D eigenvalue weighted by Gasteiger charge is 2.14. The van der Waals surface area contributed by atoms with Crippen LogP contribution in [-0.2, 0) is 11.3 Å². The van der Waals surface area contributed by atoms with Crippen molar-refractivity contribution in [2.75, 3.05) is 13.7 Å². The van der Waals surface area contributed by atoms with Gasteiger partial charge in [0.25, 0.3) is 0 Å². The molecule has 98 valence electrons. The second kappa shape index (κ2) is 5.72. The van der Waals surface area contributed by atoms with Crippen molar-refractivity contribution in [1.29, 1.82) is 0 Å². The molecule has 0 spiro atoms. The maximum atomic E-state index is 6.22. The molecule has 18 heavy (non-hydrogen) atoms. The first-order chi connectivity index (χ1) is 8.63. The van der Waals surface area contributed by atoms with Crippen LogP contribution in [0.3, 0.4) is 0 Å². The summed E-state index contributed by atoms with van der Waals surface area (Å²) in [5, 5.41) is -0.0831. The number of benzene rings is 1. The van der Waals surface area contributed by atoms with Gasteiger partial charge in [0.1, 0.15) is 5.82 Å². The lowest BCUT2D eigenvalue weighted by Crippen LogP contribution is -2.06. The van der Waals surface area contributed by atoms with Crippen LogP contribution in [-0.4, -0.2) is 23.3 Å². The summed E-state index contributed by atoms with van der Waals surface area (Å²) >= 11 is 6.22. The molecule has 2 rings (SSSR count). The fourth-order valence-corrected chi connectivity index (χ4v) is 2.32. The van der Waals surface area contributed by atoms with Gasteiger partial charge >= 0.3 is 0 Å². The van der Waals surface area contributed by atoms with Gasteiger partial charge < -0.3 is 9.30 Å². The van der Waals surface area contributed by atoms with Gasteiger partial charge in [-0.1, -0.05) is 6.07 Å². The van der Waals surface area contributed by atoms with E-state index in [0.717, 1.165) is 36.4 Å². The van der Waals surface area contributed by atoms with Crippen molar-refractivity contribution in [3.05, 3.63) is 29.6 Å². The van der Waals surface area contributed by atoms with Crippen molar-refractivity contribution in [3.63, 3.8) is 0 Å². The third kappa shape index (κ3) is 2.68. The predicted molar refractivity (Wildman–Crippen MR) is 75.2 cm³/mol. The van der Waals surface area contributed by atoms with Crippen molar-refractivity contribution < 1.29 is 4.74 Å². The summed E-state index contributed by atoms with van der Waals surface area (Å²) in [6.45, 7) is 5.69. The summed E-state index contributed by atoms with van der Waals surface area (Å²) in [5.41, 5.74) is 3.42. The summed E-state index contributed by atoms with van der Waals surface area (Å²) < 4.78 is 7.32. The molecule has 0 aliphatic carbocycles. The topological polar surface area (TPSA) is 27.1 Å². The highest BCUT2D eigenvalue weighted by atomic mass is 35.5. The fraction of sp³-hybridized carbons (Fsp3) is 0.500. The van der Waals surface area contributed by atoms with Crippen LogP contribution in [0, 0.1) is 6.92 Å². The SMILES string of the molecule is COCCCn1c(C(C)Cl)nc2ccc(C)cc21. The number of aromatic nitrogens is 2. The number of aryl methyl sites for hydroxylation is 2. The molecule has 0 aliphatic rings. The van der Waals surface area contributed by atoms with E-state index < -0.39 is 0 Å². The summed E-state index contributed by atoms with van der Waals surface area (Å²) in [4.78, 5) is 4.62. The van der Waals surface area contributed by atoms with E-state index in [1.807, 2.05) is 6.92 Å². The number of methoxy groups -OCH3 is 1. The van der Waals surface area contributed by atoms with E-state index in [0.29, 0.717) is 0 Å². The summed E-state index contributed by atoms with van der Waals surface area (Å²) in [6, 6.07) is 6.30. The second-order valence-corrected chi connectivity index (χ2v) is 5.23. The average molecular weight is 267 g/mol. The molecule has 1 aromatic carbocycles.